The Morgan fingerprint density at radius 2 is 1.96 bits per heavy atom. The SMILES string of the molecule is Cc1nn(Cn2ccc(C(=O)O/N=C(\N)c3ccc(F)cc3)n2)c(C)c1Br. The van der Waals surface area contributed by atoms with Gasteiger partial charge in [0.15, 0.2) is 11.5 Å². The highest BCUT2D eigenvalue weighted by Gasteiger charge is 2.14. The van der Waals surface area contributed by atoms with Crippen LogP contribution in [0.4, 0.5) is 4.39 Å². The highest BCUT2D eigenvalue weighted by atomic mass is 79.9. The molecule has 0 fully saturated rings. The quantitative estimate of drug-likeness (QED) is 0.287. The van der Waals surface area contributed by atoms with Crippen LogP contribution in [-0.2, 0) is 11.5 Å². The molecule has 0 saturated carbocycles. The fourth-order valence-electron chi connectivity index (χ4n) is 2.31. The first-order valence-corrected chi connectivity index (χ1v) is 8.68. The predicted molar refractivity (Wildman–Crippen MR) is 99.6 cm³/mol. The van der Waals surface area contributed by atoms with Gasteiger partial charge in [-0.15, -0.1) is 0 Å². The number of oxime groups is 1. The summed E-state index contributed by atoms with van der Waals surface area (Å²) in [4.78, 5) is 16.9. The van der Waals surface area contributed by atoms with E-state index in [4.69, 9.17) is 10.6 Å². The Hall–Kier alpha value is -3.01. The van der Waals surface area contributed by atoms with E-state index in [9.17, 15) is 9.18 Å². The van der Waals surface area contributed by atoms with Gasteiger partial charge in [-0.25, -0.2) is 13.9 Å². The van der Waals surface area contributed by atoms with Crippen LogP contribution in [-0.4, -0.2) is 31.4 Å². The minimum absolute atomic E-state index is 0.0460. The summed E-state index contributed by atoms with van der Waals surface area (Å²) in [6.07, 6.45) is 1.63. The van der Waals surface area contributed by atoms with Crippen LogP contribution in [0.1, 0.15) is 27.4 Å². The van der Waals surface area contributed by atoms with Crippen molar-refractivity contribution in [2.75, 3.05) is 0 Å². The Balaban J connectivity index is 1.67. The normalized spacial score (nSPS) is 11.6. The Morgan fingerprint density at radius 1 is 1.26 bits per heavy atom. The van der Waals surface area contributed by atoms with Crippen LogP contribution in [0, 0.1) is 19.7 Å². The van der Waals surface area contributed by atoms with Crippen molar-refractivity contribution in [1.29, 1.82) is 0 Å². The minimum atomic E-state index is -0.756. The number of benzene rings is 1. The van der Waals surface area contributed by atoms with Crippen LogP contribution in [0.5, 0.6) is 0 Å². The molecule has 3 rings (SSSR count). The van der Waals surface area contributed by atoms with E-state index in [1.165, 1.54) is 30.3 Å². The molecular formula is C17H16BrFN6O2. The van der Waals surface area contributed by atoms with Crippen molar-refractivity contribution in [2.45, 2.75) is 20.5 Å². The van der Waals surface area contributed by atoms with E-state index in [1.807, 2.05) is 13.8 Å². The van der Waals surface area contributed by atoms with Crippen LogP contribution >= 0.6 is 15.9 Å². The third kappa shape index (κ3) is 4.22. The Labute approximate surface area is 162 Å². The number of nitrogens with two attached hydrogens (primary N) is 1. The van der Waals surface area contributed by atoms with Gasteiger partial charge in [-0.05, 0) is 60.1 Å². The molecule has 0 aliphatic carbocycles. The molecule has 0 unspecified atom stereocenters. The van der Waals surface area contributed by atoms with E-state index in [0.717, 1.165) is 15.9 Å². The summed E-state index contributed by atoms with van der Waals surface area (Å²) in [5.74, 6) is -1.20. The second-order valence-corrected chi connectivity index (χ2v) is 6.52. The largest absolute Gasteiger partial charge is 0.385 e. The highest BCUT2D eigenvalue weighted by molar-refractivity contribution is 9.10. The fraction of sp³-hybridized carbons (Fsp3) is 0.176. The molecule has 8 nitrogen and oxygen atoms in total. The topological polar surface area (TPSA) is 100 Å². The monoisotopic (exact) mass is 434 g/mol. The number of carbonyl (C=O) groups is 1. The zero-order chi connectivity index (χ0) is 19.6. The van der Waals surface area contributed by atoms with Crippen molar-refractivity contribution in [3.8, 4) is 0 Å². The Bertz CT molecular complexity index is 1010. The maximum absolute atomic E-state index is 12.9. The number of nitrogens with zero attached hydrogens (tertiary/aromatic N) is 5. The number of hydrogen-bond acceptors (Lipinski definition) is 5. The number of aryl methyl sites for hydroxylation is 1. The summed E-state index contributed by atoms with van der Waals surface area (Å²) in [6, 6.07) is 6.84. The van der Waals surface area contributed by atoms with E-state index < -0.39 is 11.8 Å². The lowest BCUT2D eigenvalue weighted by Crippen LogP contribution is -2.16. The van der Waals surface area contributed by atoms with Crippen LogP contribution in [0.2, 0.25) is 0 Å². The number of carbonyl (C=O) groups excluding carboxylic acids is 1. The van der Waals surface area contributed by atoms with Gasteiger partial charge >= 0.3 is 5.97 Å². The zero-order valence-corrected chi connectivity index (χ0v) is 16.1. The first-order chi connectivity index (χ1) is 12.8. The standard InChI is InChI=1S/C17H16BrFN6O2/c1-10-15(18)11(2)25(21-10)9-24-8-7-14(22-24)17(26)27-23-16(20)12-3-5-13(19)6-4-12/h3-8H,9H2,1-2H3,(H2,20,23). The van der Waals surface area contributed by atoms with E-state index in [2.05, 4.69) is 31.3 Å². The molecule has 1 aromatic carbocycles. The van der Waals surface area contributed by atoms with Crippen molar-refractivity contribution in [1.82, 2.24) is 19.6 Å². The van der Waals surface area contributed by atoms with E-state index in [-0.39, 0.29) is 11.5 Å². The average Bonchev–Trinajstić information content (AvgIpc) is 3.21. The second kappa shape index (κ2) is 7.70. The summed E-state index contributed by atoms with van der Waals surface area (Å²) >= 11 is 3.46. The summed E-state index contributed by atoms with van der Waals surface area (Å²) < 4.78 is 17.1. The molecule has 0 aliphatic heterocycles. The Morgan fingerprint density at radius 3 is 2.59 bits per heavy atom. The molecule has 0 aliphatic rings. The third-order valence-corrected chi connectivity index (χ3v) is 4.94. The Kier molecular flexibility index (Phi) is 5.36. The van der Waals surface area contributed by atoms with Gasteiger partial charge in [-0.1, -0.05) is 5.16 Å². The first-order valence-electron chi connectivity index (χ1n) is 7.89. The molecule has 0 spiro atoms. The van der Waals surface area contributed by atoms with Crippen molar-refractivity contribution in [2.24, 2.45) is 10.9 Å². The molecule has 27 heavy (non-hydrogen) atoms. The molecule has 2 aromatic heterocycles. The smallest absolute Gasteiger partial charge is 0.380 e. The summed E-state index contributed by atoms with van der Waals surface area (Å²) in [5, 5.41) is 12.1. The molecule has 0 bridgehead atoms. The lowest BCUT2D eigenvalue weighted by atomic mass is 10.2. The van der Waals surface area contributed by atoms with Gasteiger partial charge < -0.3 is 10.6 Å². The summed E-state index contributed by atoms with van der Waals surface area (Å²) in [7, 11) is 0. The summed E-state index contributed by atoms with van der Waals surface area (Å²) in [6.45, 7) is 4.16. The van der Waals surface area contributed by atoms with Crippen molar-refractivity contribution < 1.29 is 14.0 Å². The van der Waals surface area contributed by atoms with Gasteiger partial charge in [0.25, 0.3) is 0 Å². The first kappa shape index (κ1) is 18.8. The van der Waals surface area contributed by atoms with Crippen LogP contribution in [0.25, 0.3) is 0 Å². The molecule has 140 valence electrons. The van der Waals surface area contributed by atoms with Gasteiger partial charge in [0.05, 0.1) is 15.9 Å². The third-order valence-electron chi connectivity index (χ3n) is 3.79. The highest BCUT2D eigenvalue weighted by Crippen LogP contribution is 2.19. The number of aromatic nitrogens is 4. The van der Waals surface area contributed by atoms with Gasteiger partial charge in [0.1, 0.15) is 12.5 Å². The molecule has 10 heteroatoms. The molecule has 0 amide bonds. The molecule has 3 aromatic rings. The van der Waals surface area contributed by atoms with Gasteiger partial charge in [-0.2, -0.15) is 10.2 Å². The minimum Gasteiger partial charge on any atom is -0.380 e. The maximum Gasteiger partial charge on any atom is 0.385 e. The molecular weight excluding hydrogens is 419 g/mol. The number of halogens is 2. The molecule has 0 radical (unpaired) electrons. The second-order valence-electron chi connectivity index (χ2n) is 5.73. The van der Waals surface area contributed by atoms with Crippen LogP contribution in [0.15, 0.2) is 46.2 Å². The number of rotatable bonds is 5. The van der Waals surface area contributed by atoms with Crippen molar-refractivity contribution >= 4 is 27.7 Å². The van der Waals surface area contributed by atoms with Crippen LogP contribution < -0.4 is 5.73 Å². The number of amidine groups is 1. The van der Waals surface area contributed by atoms with Gasteiger partial charge in [-0.3, -0.25) is 4.68 Å². The van der Waals surface area contributed by atoms with Crippen molar-refractivity contribution in [3.63, 3.8) is 0 Å². The fourth-order valence-corrected chi connectivity index (χ4v) is 2.59. The van der Waals surface area contributed by atoms with Gasteiger partial charge in [0.2, 0.25) is 0 Å². The van der Waals surface area contributed by atoms with Crippen molar-refractivity contribution in [3.05, 3.63) is 69.5 Å². The van der Waals surface area contributed by atoms with E-state index in [1.54, 1.807) is 15.6 Å². The lowest BCUT2D eigenvalue weighted by molar-refractivity contribution is 0.0508. The number of hydrogen-bond donors (Lipinski definition) is 1. The maximum atomic E-state index is 12.9. The molecule has 0 saturated heterocycles. The zero-order valence-electron chi connectivity index (χ0n) is 14.6. The van der Waals surface area contributed by atoms with Gasteiger partial charge in [0, 0.05) is 11.8 Å². The molecule has 2 heterocycles. The van der Waals surface area contributed by atoms with E-state index >= 15 is 0 Å². The molecule has 0 atom stereocenters. The van der Waals surface area contributed by atoms with Crippen LogP contribution in [0.3, 0.4) is 0 Å². The molecule has 2 N–H and O–H groups in total. The lowest BCUT2D eigenvalue weighted by Gasteiger charge is -2.04. The predicted octanol–water partition coefficient (Wildman–Crippen LogP) is 2.58. The van der Waals surface area contributed by atoms with E-state index in [0.29, 0.717) is 12.2 Å². The average molecular weight is 435 g/mol. The summed E-state index contributed by atoms with van der Waals surface area (Å²) in [5.41, 5.74) is 8.04.